The molecular weight excluding hydrogens is 391 g/mol. The smallest absolute Gasteiger partial charge is 0.300 e. The molecule has 1 heterocycles. The Hall–Kier alpha value is -1.64. The number of hydrogen-bond acceptors (Lipinski definition) is 2. The van der Waals surface area contributed by atoms with Crippen LogP contribution in [0.15, 0.2) is 12.1 Å². The zero-order chi connectivity index (χ0) is 20.7. The summed E-state index contributed by atoms with van der Waals surface area (Å²) in [6.45, 7) is 1.72. The second-order valence-electron chi connectivity index (χ2n) is 7.50. The van der Waals surface area contributed by atoms with Crippen LogP contribution in [0, 0.1) is 11.7 Å². The summed E-state index contributed by atoms with van der Waals surface area (Å²) in [5, 5.41) is 0. The van der Waals surface area contributed by atoms with Crippen molar-refractivity contribution < 1.29 is 35.5 Å². The molecule has 0 amide bonds. The van der Waals surface area contributed by atoms with Crippen molar-refractivity contribution in [2.24, 2.45) is 5.92 Å². The second kappa shape index (κ2) is 7.65. The Balaban J connectivity index is 1.90. The van der Waals surface area contributed by atoms with Crippen LogP contribution in [0.5, 0.6) is 0 Å². The lowest BCUT2D eigenvalue weighted by Gasteiger charge is -2.29. The van der Waals surface area contributed by atoms with E-state index < -0.39 is 40.6 Å². The van der Waals surface area contributed by atoms with E-state index in [0.717, 1.165) is 38.8 Å². The summed E-state index contributed by atoms with van der Waals surface area (Å²) in [6, 6.07) is -0.156. The van der Waals surface area contributed by atoms with Gasteiger partial charge in [0.15, 0.2) is 5.78 Å². The first-order chi connectivity index (χ1) is 13.0. The molecule has 1 aliphatic carbocycles. The number of carbonyl (C=O) groups is 1. The highest BCUT2D eigenvalue weighted by molar-refractivity contribution is 5.98. The van der Waals surface area contributed by atoms with Crippen molar-refractivity contribution in [3.63, 3.8) is 0 Å². The highest BCUT2D eigenvalue weighted by Crippen LogP contribution is 2.40. The monoisotopic (exact) mass is 411 g/mol. The van der Waals surface area contributed by atoms with Crippen molar-refractivity contribution in [2.75, 3.05) is 13.1 Å². The molecule has 3 rings (SSSR count). The molecule has 2 nitrogen and oxygen atoms in total. The molecule has 2 atom stereocenters. The first-order valence-electron chi connectivity index (χ1n) is 9.23. The molecule has 28 heavy (non-hydrogen) atoms. The molecule has 2 aliphatic rings. The Bertz CT molecular complexity index is 735. The van der Waals surface area contributed by atoms with Gasteiger partial charge in [-0.2, -0.15) is 26.3 Å². The van der Waals surface area contributed by atoms with E-state index in [9.17, 15) is 35.5 Å². The topological polar surface area (TPSA) is 20.3 Å². The number of Topliss-reactive ketones (excluding diaryl/α,β-unsaturated/α-hetero) is 1. The maximum atomic E-state index is 14.3. The number of nitrogens with zero attached hydrogens (tertiary/aromatic N) is 1. The largest absolute Gasteiger partial charge is 0.417 e. The first kappa shape index (κ1) is 21.1. The summed E-state index contributed by atoms with van der Waals surface area (Å²) in [5.41, 5.74) is -4.90. The van der Waals surface area contributed by atoms with Gasteiger partial charge in [0, 0.05) is 12.5 Å². The molecule has 0 unspecified atom stereocenters. The van der Waals surface area contributed by atoms with Gasteiger partial charge < -0.3 is 4.90 Å². The predicted molar refractivity (Wildman–Crippen MR) is 87.3 cm³/mol. The third-order valence-electron chi connectivity index (χ3n) is 5.68. The highest BCUT2D eigenvalue weighted by atomic mass is 19.4. The third kappa shape index (κ3) is 4.34. The Morgan fingerprint density at radius 2 is 1.61 bits per heavy atom. The Kier molecular flexibility index (Phi) is 5.76. The van der Waals surface area contributed by atoms with Crippen LogP contribution >= 0.6 is 0 Å². The molecule has 1 aromatic rings. The second-order valence-corrected chi connectivity index (χ2v) is 7.50. The summed E-state index contributed by atoms with van der Waals surface area (Å²) in [7, 11) is 0. The van der Waals surface area contributed by atoms with Gasteiger partial charge in [0.2, 0.25) is 0 Å². The number of carbonyl (C=O) groups excluding carboxylic acids is 1. The van der Waals surface area contributed by atoms with E-state index in [-0.39, 0.29) is 30.5 Å². The molecule has 1 aliphatic heterocycles. The van der Waals surface area contributed by atoms with Crippen LogP contribution in [0.1, 0.15) is 60.0 Å². The van der Waals surface area contributed by atoms with Crippen LogP contribution < -0.4 is 0 Å². The lowest BCUT2D eigenvalue weighted by atomic mass is 9.90. The molecule has 0 radical (unpaired) electrons. The van der Waals surface area contributed by atoms with Gasteiger partial charge in [0.05, 0.1) is 16.7 Å². The van der Waals surface area contributed by atoms with Gasteiger partial charge in [0.1, 0.15) is 5.82 Å². The summed E-state index contributed by atoms with van der Waals surface area (Å²) in [5.74, 6) is -3.08. The molecule has 2 fully saturated rings. The van der Waals surface area contributed by atoms with Crippen LogP contribution in [0.2, 0.25) is 0 Å². The fourth-order valence-corrected chi connectivity index (χ4v) is 4.43. The minimum atomic E-state index is -5.27. The molecular formula is C19H20F7NO. The van der Waals surface area contributed by atoms with Crippen LogP contribution in [0.3, 0.4) is 0 Å². The number of hydrogen-bond donors (Lipinski definition) is 0. The molecule has 0 aromatic heterocycles. The van der Waals surface area contributed by atoms with Crippen LogP contribution in [-0.2, 0) is 12.4 Å². The van der Waals surface area contributed by atoms with Gasteiger partial charge in [-0.15, -0.1) is 0 Å². The number of alkyl halides is 6. The molecule has 1 aromatic carbocycles. The zero-order valence-electron chi connectivity index (χ0n) is 15.0. The maximum absolute atomic E-state index is 14.3. The van der Waals surface area contributed by atoms with Gasteiger partial charge in [0.25, 0.3) is 0 Å². The van der Waals surface area contributed by atoms with Crippen molar-refractivity contribution in [1.29, 1.82) is 0 Å². The normalized spacial score (nSPS) is 24.1. The van der Waals surface area contributed by atoms with Crippen molar-refractivity contribution in [1.82, 2.24) is 4.90 Å². The molecule has 0 N–H and O–H groups in total. The lowest BCUT2D eigenvalue weighted by molar-refractivity contribution is -0.143. The van der Waals surface area contributed by atoms with Gasteiger partial charge in [-0.1, -0.05) is 6.42 Å². The molecule has 0 spiro atoms. The van der Waals surface area contributed by atoms with E-state index in [2.05, 4.69) is 4.90 Å². The zero-order valence-corrected chi connectivity index (χ0v) is 15.0. The Morgan fingerprint density at radius 1 is 0.964 bits per heavy atom. The van der Waals surface area contributed by atoms with Crippen LogP contribution in [-0.4, -0.2) is 29.8 Å². The fraction of sp³-hybridized carbons (Fsp3) is 0.632. The number of rotatable bonds is 4. The molecule has 9 heteroatoms. The number of likely N-dealkylation sites (tertiary alicyclic amines) is 1. The van der Waals surface area contributed by atoms with Crippen molar-refractivity contribution in [2.45, 2.75) is 56.9 Å². The van der Waals surface area contributed by atoms with Gasteiger partial charge in [-0.05, 0) is 56.8 Å². The van der Waals surface area contributed by atoms with Gasteiger partial charge in [-0.25, -0.2) is 4.39 Å². The summed E-state index contributed by atoms with van der Waals surface area (Å²) >= 11 is 0. The van der Waals surface area contributed by atoms with E-state index in [0.29, 0.717) is 6.42 Å². The average molecular weight is 411 g/mol. The summed E-state index contributed by atoms with van der Waals surface area (Å²) < 4.78 is 92.5. The van der Waals surface area contributed by atoms with Crippen molar-refractivity contribution in [3.8, 4) is 0 Å². The summed E-state index contributed by atoms with van der Waals surface area (Å²) in [4.78, 5) is 14.8. The summed E-state index contributed by atoms with van der Waals surface area (Å²) in [6.07, 6.45) is -6.40. The lowest BCUT2D eigenvalue weighted by Crippen LogP contribution is -2.36. The van der Waals surface area contributed by atoms with Crippen molar-refractivity contribution >= 4 is 5.78 Å². The van der Waals surface area contributed by atoms with Crippen LogP contribution in [0.4, 0.5) is 30.7 Å². The van der Waals surface area contributed by atoms with Crippen molar-refractivity contribution in [3.05, 3.63) is 34.6 Å². The fourth-order valence-electron chi connectivity index (χ4n) is 4.43. The highest BCUT2D eigenvalue weighted by Gasteiger charge is 2.42. The average Bonchev–Trinajstić information content (AvgIpc) is 3.23. The van der Waals surface area contributed by atoms with Crippen LogP contribution in [0.25, 0.3) is 0 Å². The van der Waals surface area contributed by atoms with Gasteiger partial charge in [-0.3, -0.25) is 4.79 Å². The van der Waals surface area contributed by atoms with E-state index in [1.807, 2.05) is 0 Å². The minimum Gasteiger partial charge on any atom is -0.300 e. The Labute approximate surface area is 157 Å². The van der Waals surface area contributed by atoms with E-state index in [1.54, 1.807) is 0 Å². The molecule has 156 valence electrons. The van der Waals surface area contributed by atoms with E-state index >= 15 is 0 Å². The van der Waals surface area contributed by atoms with E-state index in [4.69, 9.17) is 0 Å². The predicted octanol–water partition coefficient (Wildman–Crippen LogP) is 5.70. The third-order valence-corrected chi connectivity index (χ3v) is 5.68. The van der Waals surface area contributed by atoms with E-state index in [1.165, 1.54) is 0 Å². The molecule has 1 saturated carbocycles. The number of halogens is 7. The number of benzene rings is 1. The van der Waals surface area contributed by atoms with Gasteiger partial charge >= 0.3 is 12.4 Å². The SMILES string of the molecule is O=C(C[C@@H]1CCC[C@@H]1N1CCCC1)c1c(F)cc(C(F)(F)F)cc1C(F)(F)F. The Morgan fingerprint density at radius 3 is 2.18 bits per heavy atom. The number of ketones is 1. The quantitative estimate of drug-likeness (QED) is 0.468. The standard InChI is InChI=1S/C19H20F7NO/c20-14-10-12(18(21,22)23)9-13(19(24,25)26)17(14)16(28)8-11-4-3-5-15(11)27-6-1-2-7-27/h9-11,15H,1-8H2/t11-,15-/m0/s1. The maximum Gasteiger partial charge on any atom is 0.417 e. The molecule has 1 saturated heterocycles. The minimum absolute atomic E-state index is 0.0327. The molecule has 0 bridgehead atoms. The first-order valence-corrected chi connectivity index (χ1v) is 9.23.